The van der Waals surface area contributed by atoms with Crippen molar-refractivity contribution in [2.75, 3.05) is 13.6 Å². The molecule has 150 valence electrons. The van der Waals surface area contributed by atoms with E-state index < -0.39 is 0 Å². The van der Waals surface area contributed by atoms with E-state index in [0.29, 0.717) is 6.54 Å². The fourth-order valence-corrected chi connectivity index (χ4v) is 3.36. The van der Waals surface area contributed by atoms with Gasteiger partial charge in [-0.3, -0.25) is 4.99 Å². The summed E-state index contributed by atoms with van der Waals surface area (Å²) in [5.74, 6) is 1.74. The first-order chi connectivity index (χ1) is 13.3. The van der Waals surface area contributed by atoms with Crippen LogP contribution in [-0.2, 0) is 25.8 Å². The maximum absolute atomic E-state index is 5.43. The highest BCUT2D eigenvalue weighted by molar-refractivity contribution is 14.0. The number of rotatable bonds is 7. The van der Waals surface area contributed by atoms with Gasteiger partial charge in [0.1, 0.15) is 5.76 Å². The minimum Gasteiger partial charge on any atom is -0.361 e. The van der Waals surface area contributed by atoms with Crippen molar-refractivity contribution in [3.63, 3.8) is 0 Å². The Labute approximate surface area is 184 Å². The second kappa shape index (κ2) is 11.0. The van der Waals surface area contributed by atoms with Crippen LogP contribution in [0.2, 0.25) is 0 Å². The molecule has 5 nitrogen and oxygen atoms in total. The fourth-order valence-electron chi connectivity index (χ4n) is 3.36. The number of aryl methyl sites for hydroxylation is 2. The van der Waals surface area contributed by atoms with Crippen molar-refractivity contribution in [3.8, 4) is 0 Å². The van der Waals surface area contributed by atoms with Gasteiger partial charge in [0.25, 0.3) is 0 Å². The molecule has 0 bridgehead atoms. The topological polar surface area (TPSA) is 62.5 Å². The Hall–Kier alpha value is -2.09. The molecule has 0 aliphatic heterocycles. The summed E-state index contributed by atoms with van der Waals surface area (Å²) in [6.07, 6.45) is 2.65. The Morgan fingerprint density at radius 1 is 1.04 bits per heavy atom. The smallest absolute Gasteiger partial charge is 0.191 e. The van der Waals surface area contributed by atoms with E-state index in [1.54, 1.807) is 7.05 Å². The van der Waals surface area contributed by atoms with Crippen molar-refractivity contribution < 1.29 is 4.52 Å². The quantitative estimate of drug-likeness (QED) is 0.290. The van der Waals surface area contributed by atoms with E-state index in [4.69, 9.17) is 4.52 Å². The Balaban J connectivity index is 0.00000280. The van der Waals surface area contributed by atoms with Gasteiger partial charge in [-0.2, -0.15) is 0 Å². The van der Waals surface area contributed by atoms with Gasteiger partial charge in [-0.1, -0.05) is 61.5 Å². The summed E-state index contributed by atoms with van der Waals surface area (Å²) in [4.78, 5) is 4.34. The molecule has 0 fully saturated rings. The molecule has 6 heteroatoms. The number of hydrogen-bond donors (Lipinski definition) is 2. The SMILES string of the molecule is CCc1noc(CC)c1CNC(=NC)NCCc1cccc2ccccc12.I. The summed E-state index contributed by atoms with van der Waals surface area (Å²) < 4.78 is 5.43. The van der Waals surface area contributed by atoms with Crippen LogP contribution < -0.4 is 10.6 Å². The van der Waals surface area contributed by atoms with Crippen molar-refractivity contribution >= 4 is 40.7 Å². The molecule has 0 amide bonds. The van der Waals surface area contributed by atoms with Crippen LogP contribution in [0.25, 0.3) is 10.8 Å². The average Bonchev–Trinajstić information content (AvgIpc) is 3.12. The van der Waals surface area contributed by atoms with Crippen molar-refractivity contribution in [2.45, 2.75) is 39.7 Å². The van der Waals surface area contributed by atoms with Gasteiger partial charge in [-0.15, -0.1) is 24.0 Å². The fraction of sp³-hybridized carbons (Fsp3) is 0.364. The summed E-state index contributed by atoms with van der Waals surface area (Å²) in [6.45, 7) is 5.67. The number of fused-ring (bicyclic) bond motifs is 1. The highest BCUT2D eigenvalue weighted by atomic mass is 127. The third-order valence-corrected chi connectivity index (χ3v) is 4.83. The zero-order valence-corrected chi connectivity index (χ0v) is 19.1. The maximum Gasteiger partial charge on any atom is 0.191 e. The minimum absolute atomic E-state index is 0. The molecule has 28 heavy (non-hydrogen) atoms. The highest BCUT2D eigenvalue weighted by Gasteiger charge is 2.13. The van der Waals surface area contributed by atoms with Gasteiger partial charge in [-0.05, 0) is 29.2 Å². The summed E-state index contributed by atoms with van der Waals surface area (Å²) in [5.41, 5.74) is 3.51. The molecule has 2 aromatic carbocycles. The molecule has 1 aromatic heterocycles. The molecule has 0 saturated heterocycles. The van der Waals surface area contributed by atoms with Gasteiger partial charge in [0.15, 0.2) is 5.96 Å². The van der Waals surface area contributed by atoms with E-state index >= 15 is 0 Å². The Morgan fingerprint density at radius 2 is 1.82 bits per heavy atom. The number of aromatic nitrogens is 1. The molecule has 0 saturated carbocycles. The van der Waals surface area contributed by atoms with Crippen LogP contribution in [-0.4, -0.2) is 24.7 Å². The second-order valence-corrected chi connectivity index (χ2v) is 6.48. The van der Waals surface area contributed by atoms with E-state index in [9.17, 15) is 0 Å². The normalized spacial score (nSPS) is 11.3. The van der Waals surface area contributed by atoms with E-state index in [-0.39, 0.29) is 24.0 Å². The Kier molecular flexibility index (Phi) is 8.76. The first-order valence-corrected chi connectivity index (χ1v) is 9.64. The molecule has 0 radical (unpaired) electrons. The summed E-state index contributed by atoms with van der Waals surface area (Å²) in [5, 5.41) is 13.6. The average molecular weight is 492 g/mol. The molecule has 0 atom stereocenters. The van der Waals surface area contributed by atoms with E-state index in [1.807, 2.05) is 0 Å². The Morgan fingerprint density at radius 3 is 2.57 bits per heavy atom. The van der Waals surface area contributed by atoms with Crippen LogP contribution in [0.1, 0.15) is 36.4 Å². The largest absolute Gasteiger partial charge is 0.361 e. The van der Waals surface area contributed by atoms with Gasteiger partial charge in [0.2, 0.25) is 0 Å². The zero-order chi connectivity index (χ0) is 19.1. The van der Waals surface area contributed by atoms with Crippen molar-refractivity contribution in [1.82, 2.24) is 15.8 Å². The van der Waals surface area contributed by atoms with Crippen LogP contribution in [0.3, 0.4) is 0 Å². The van der Waals surface area contributed by atoms with Crippen LogP contribution in [0, 0.1) is 0 Å². The molecule has 3 aromatic rings. The van der Waals surface area contributed by atoms with Crippen molar-refractivity contribution in [1.29, 1.82) is 0 Å². The molecule has 1 heterocycles. The number of aliphatic imine (C=N–C) groups is 1. The van der Waals surface area contributed by atoms with Gasteiger partial charge >= 0.3 is 0 Å². The van der Waals surface area contributed by atoms with Gasteiger partial charge < -0.3 is 15.2 Å². The molecule has 0 unspecified atom stereocenters. The number of hydrogen-bond acceptors (Lipinski definition) is 3. The van der Waals surface area contributed by atoms with Gasteiger partial charge in [0, 0.05) is 32.1 Å². The predicted octanol–water partition coefficient (Wildman–Crippen LogP) is 4.48. The molecule has 2 N–H and O–H groups in total. The number of guanidine groups is 1. The minimum atomic E-state index is 0. The molecule has 0 aliphatic rings. The van der Waals surface area contributed by atoms with E-state index in [1.165, 1.54) is 16.3 Å². The predicted molar refractivity (Wildman–Crippen MR) is 127 cm³/mol. The second-order valence-electron chi connectivity index (χ2n) is 6.48. The van der Waals surface area contributed by atoms with Crippen molar-refractivity contribution in [3.05, 3.63) is 65.0 Å². The first-order valence-electron chi connectivity index (χ1n) is 9.64. The monoisotopic (exact) mass is 492 g/mol. The lowest BCUT2D eigenvalue weighted by atomic mass is 10.0. The van der Waals surface area contributed by atoms with E-state index in [2.05, 4.69) is 77.1 Å². The third-order valence-electron chi connectivity index (χ3n) is 4.83. The molecular weight excluding hydrogens is 463 g/mol. The molecule has 0 aliphatic carbocycles. The summed E-state index contributed by atoms with van der Waals surface area (Å²) in [7, 11) is 1.79. The van der Waals surface area contributed by atoms with Gasteiger partial charge in [-0.25, -0.2) is 0 Å². The van der Waals surface area contributed by atoms with Crippen LogP contribution in [0.4, 0.5) is 0 Å². The maximum atomic E-state index is 5.43. The first kappa shape index (κ1) is 22.2. The number of nitrogens with one attached hydrogen (secondary N) is 2. The Bertz CT molecular complexity index is 893. The standard InChI is InChI=1S/C22H28N4O.HI/c1-4-20-19(21(5-2)27-26-20)15-25-22(23-3)24-14-13-17-11-8-10-16-9-6-7-12-18(16)17;/h6-12H,4-5,13-15H2,1-3H3,(H2,23,24,25);1H. The molecular formula is C22H29IN4O. The van der Waals surface area contributed by atoms with E-state index in [0.717, 1.165) is 48.8 Å². The lowest BCUT2D eigenvalue weighted by Crippen LogP contribution is -2.38. The highest BCUT2D eigenvalue weighted by Crippen LogP contribution is 2.18. The third kappa shape index (κ3) is 5.25. The lowest BCUT2D eigenvalue weighted by molar-refractivity contribution is 0.380. The molecule has 0 spiro atoms. The van der Waals surface area contributed by atoms with Crippen LogP contribution in [0.5, 0.6) is 0 Å². The number of benzene rings is 2. The van der Waals surface area contributed by atoms with Gasteiger partial charge in [0.05, 0.1) is 5.69 Å². The number of nitrogens with zero attached hydrogens (tertiary/aromatic N) is 2. The summed E-state index contributed by atoms with van der Waals surface area (Å²) in [6, 6.07) is 15.0. The van der Waals surface area contributed by atoms with Crippen LogP contribution >= 0.6 is 24.0 Å². The zero-order valence-electron chi connectivity index (χ0n) is 16.8. The molecule has 3 rings (SSSR count). The van der Waals surface area contributed by atoms with Crippen LogP contribution in [0.15, 0.2) is 52.0 Å². The number of halogens is 1. The van der Waals surface area contributed by atoms with Crippen molar-refractivity contribution in [2.24, 2.45) is 4.99 Å². The lowest BCUT2D eigenvalue weighted by Gasteiger charge is -2.13. The summed E-state index contributed by atoms with van der Waals surface area (Å²) >= 11 is 0.